The van der Waals surface area contributed by atoms with E-state index in [1.165, 1.54) is 0 Å². The zero-order valence-corrected chi connectivity index (χ0v) is 8.53. The molecule has 0 bridgehead atoms. The largest absolute Gasteiger partial charge is 0.489 e. The molecule has 1 atom stereocenters. The number of aliphatic hydroxyl groups excluding tert-OH is 1. The smallest absolute Gasteiger partial charge is 0.148 e. The van der Waals surface area contributed by atoms with Crippen LogP contribution in [0.2, 0.25) is 0 Å². The molecule has 3 heteroatoms. The van der Waals surface area contributed by atoms with E-state index in [4.69, 9.17) is 4.74 Å². The van der Waals surface area contributed by atoms with Crippen LogP contribution in [0.1, 0.15) is 18.6 Å². The predicted octanol–water partition coefficient (Wildman–Crippen LogP) is 1.57. The Morgan fingerprint density at radius 3 is 3.00 bits per heavy atom. The Labute approximate surface area is 83.9 Å². The topological polar surface area (TPSA) is 32.7 Å². The number of rotatable bonds is 1. The number of nitrogens with zero attached hydrogens (tertiary/aromatic N) is 1. The zero-order chi connectivity index (χ0) is 10.1. The summed E-state index contributed by atoms with van der Waals surface area (Å²) in [7, 11) is 2.03. The Bertz CT molecular complexity index is 322. The van der Waals surface area contributed by atoms with Crippen LogP contribution in [0, 0.1) is 0 Å². The zero-order valence-electron chi connectivity index (χ0n) is 8.53. The van der Waals surface area contributed by atoms with Gasteiger partial charge in [-0.25, -0.2) is 0 Å². The molecule has 0 radical (unpaired) electrons. The maximum Gasteiger partial charge on any atom is 0.148 e. The van der Waals surface area contributed by atoms with Gasteiger partial charge in [0.25, 0.3) is 0 Å². The van der Waals surface area contributed by atoms with Gasteiger partial charge in [0, 0.05) is 12.6 Å². The lowest BCUT2D eigenvalue weighted by Gasteiger charge is -2.29. The Balaban J connectivity index is 2.49. The van der Waals surface area contributed by atoms with Crippen LogP contribution in [0.25, 0.3) is 0 Å². The second kappa shape index (κ2) is 3.50. The third kappa shape index (κ3) is 1.44. The molecular weight excluding hydrogens is 178 g/mol. The molecule has 0 saturated heterocycles. The molecule has 1 heterocycles. The first-order valence-corrected chi connectivity index (χ1v) is 4.85. The Morgan fingerprint density at radius 2 is 2.29 bits per heavy atom. The molecule has 1 aromatic rings. The first-order valence-electron chi connectivity index (χ1n) is 4.85. The van der Waals surface area contributed by atoms with Crippen LogP contribution in [0.15, 0.2) is 18.2 Å². The number of aliphatic hydroxyl groups is 1. The molecule has 2 rings (SSSR count). The molecule has 0 aliphatic carbocycles. The molecule has 1 aliphatic rings. The molecule has 1 unspecified atom stereocenters. The number of anilines is 1. The second-order valence-corrected chi connectivity index (χ2v) is 3.64. The number of hydrogen-bond donors (Lipinski definition) is 1. The van der Waals surface area contributed by atoms with Gasteiger partial charge in [-0.2, -0.15) is 0 Å². The third-order valence-electron chi connectivity index (χ3n) is 2.56. The summed E-state index contributed by atoms with van der Waals surface area (Å²) in [6.07, 6.45) is -0.476. The maximum absolute atomic E-state index is 9.57. The average Bonchev–Trinajstić information content (AvgIpc) is 2.17. The van der Waals surface area contributed by atoms with Gasteiger partial charge in [0.1, 0.15) is 12.4 Å². The van der Waals surface area contributed by atoms with E-state index in [9.17, 15) is 5.11 Å². The minimum Gasteiger partial charge on any atom is -0.489 e. The van der Waals surface area contributed by atoms with Gasteiger partial charge in [-0.05, 0) is 13.0 Å². The van der Waals surface area contributed by atoms with Gasteiger partial charge in [0.05, 0.1) is 18.3 Å². The van der Waals surface area contributed by atoms with Crippen molar-refractivity contribution in [3.05, 3.63) is 23.8 Å². The van der Waals surface area contributed by atoms with Crippen molar-refractivity contribution in [2.24, 2.45) is 0 Å². The predicted molar refractivity (Wildman–Crippen MR) is 55.8 cm³/mol. The van der Waals surface area contributed by atoms with E-state index in [1.807, 2.05) is 25.2 Å². The lowest BCUT2D eigenvalue weighted by atomic mass is 10.1. The quantitative estimate of drug-likeness (QED) is 0.734. The number of para-hydroxylation sites is 1. The van der Waals surface area contributed by atoms with Crippen molar-refractivity contribution < 1.29 is 9.84 Å². The molecule has 1 N–H and O–H groups in total. The SMILES string of the molecule is CC(O)c1cccc2c1OCCN2C. The van der Waals surface area contributed by atoms with Crippen molar-refractivity contribution >= 4 is 5.69 Å². The van der Waals surface area contributed by atoms with E-state index in [-0.39, 0.29) is 0 Å². The molecule has 0 aromatic heterocycles. The van der Waals surface area contributed by atoms with Gasteiger partial charge in [-0.3, -0.25) is 0 Å². The second-order valence-electron chi connectivity index (χ2n) is 3.64. The Morgan fingerprint density at radius 1 is 1.50 bits per heavy atom. The van der Waals surface area contributed by atoms with Crippen molar-refractivity contribution in [1.82, 2.24) is 0 Å². The molecule has 1 aromatic carbocycles. The fraction of sp³-hybridized carbons (Fsp3) is 0.455. The summed E-state index contributed by atoms with van der Waals surface area (Å²) in [5, 5.41) is 9.57. The van der Waals surface area contributed by atoms with E-state index >= 15 is 0 Å². The van der Waals surface area contributed by atoms with Gasteiger partial charge in [-0.15, -0.1) is 0 Å². The van der Waals surface area contributed by atoms with Gasteiger partial charge < -0.3 is 14.7 Å². The minimum atomic E-state index is -0.476. The van der Waals surface area contributed by atoms with Crippen LogP contribution in [0.5, 0.6) is 5.75 Å². The van der Waals surface area contributed by atoms with Gasteiger partial charge in [0.2, 0.25) is 0 Å². The van der Waals surface area contributed by atoms with E-state index in [2.05, 4.69) is 4.90 Å². The first kappa shape index (κ1) is 9.34. The average molecular weight is 193 g/mol. The Kier molecular flexibility index (Phi) is 2.33. The van der Waals surface area contributed by atoms with Crippen LogP contribution in [0.4, 0.5) is 5.69 Å². The number of likely N-dealkylation sites (N-methyl/N-ethyl adjacent to an activating group) is 1. The van der Waals surface area contributed by atoms with E-state index in [0.29, 0.717) is 6.61 Å². The van der Waals surface area contributed by atoms with Crippen molar-refractivity contribution in [1.29, 1.82) is 0 Å². The molecule has 0 spiro atoms. The summed E-state index contributed by atoms with van der Waals surface area (Å²) in [5.74, 6) is 0.830. The Hall–Kier alpha value is -1.22. The summed E-state index contributed by atoms with van der Waals surface area (Å²) in [4.78, 5) is 2.14. The molecular formula is C11H15NO2. The summed E-state index contributed by atoms with van der Waals surface area (Å²) < 4.78 is 5.58. The monoisotopic (exact) mass is 193 g/mol. The number of hydrogen-bond acceptors (Lipinski definition) is 3. The summed E-state index contributed by atoms with van der Waals surface area (Å²) >= 11 is 0. The van der Waals surface area contributed by atoms with Gasteiger partial charge in [0.15, 0.2) is 0 Å². The third-order valence-corrected chi connectivity index (χ3v) is 2.56. The first-order chi connectivity index (χ1) is 6.70. The summed E-state index contributed by atoms with van der Waals surface area (Å²) in [6.45, 7) is 3.34. The molecule has 0 saturated carbocycles. The van der Waals surface area contributed by atoms with Crippen LogP contribution < -0.4 is 9.64 Å². The number of benzene rings is 1. The van der Waals surface area contributed by atoms with Crippen LogP contribution in [0.3, 0.4) is 0 Å². The van der Waals surface area contributed by atoms with E-state index < -0.39 is 6.10 Å². The number of ether oxygens (including phenoxy) is 1. The molecule has 76 valence electrons. The molecule has 1 aliphatic heterocycles. The minimum absolute atomic E-state index is 0.476. The van der Waals surface area contributed by atoms with Gasteiger partial charge >= 0.3 is 0 Å². The lowest BCUT2D eigenvalue weighted by molar-refractivity contribution is 0.190. The molecule has 3 nitrogen and oxygen atoms in total. The molecule has 0 amide bonds. The van der Waals surface area contributed by atoms with Crippen molar-refractivity contribution in [3.8, 4) is 5.75 Å². The summed E-state index contributed by atoms with van der Waals surface area (Å²) in [6, 6.07) is 5.87. The van der Waals surface area contributed by atoms with Crippen molar-refractivity contribution in [3.63, 3.8) is 0 Å². The van der Waals surface area contributed by atoms with Crippen LogP contribution >= 0.6 is 0 Å². The maximum atomic E-state index is 9.57. The fourth-order valence-electron chi connectivity index (χ4n) is 1.73. The van der Waals surface area contributed by atoms with Gasteiger partial charge in [-0.1, -0.05) is 12.1 Å². The highest BCUT2D eigenvalue weighted by Gasteiger charge is 2.19. The van der Waals surface area contributed by atoms with E-state index in [1.54, 1.807) is 6.92 Å². The number of fused-ring (bicyclic) bond motifs is 1. The van der Waals surface area contributed by atoms with E-state index in [0.717, 1.165) is 23.5 Å². The molecule has 0 fully saturated rings. The van der Waals surface area contributed by atoms with Crippen molar-refractivity contribution in [2.75, 3.05) is 25.1 Å². The lowest BCUT2D eigenvalue weighted by Crippen LogP contribution is -2.29. The van der Waals surface area contributed by atoms with Crippen LogP contribution in [-0.4, -0.2) is 25.3 Å². The summed E-state index contributed by atoms with van der Waals surface area (Å²) in [5.41, 5.74) is 1.93. The fourth-order valence-corrected chi connectivity index (χ4v) is 1.73. The highest BCUT2D eigenvalue weighted by atomic mass is 16.5. The highest BCUT2D eigenvalue weighted by molar-refractivity contribution is 5.63. The van der Waals surface area contributed by atoms with Crippen molar-refractivity contribution in [2.45, 2.75) is 13.0 Å². The molecule has 14 heavy (non-hydrogen) atoms. The normalized spacial score (nSPS) is 17.2. The highest BCUT2D eigenvalue weighted by Crippen LogP contribution is 2.36. The van der Waals surface area contributed by atoms with Crippen LogP contribution in [-0.2, 0) is 0 Å². The standard InChI is InChI=1S/C11H15NO2/c1-8(13)9-4-3-5-10-11(9)14-7-6-12(10)2/h3-5,8,13H,6-7H2,1-2H3.